The minimum absolute atomic E-state index is 0.199. The van der Waals surface area contributed by atoms with E-state index in [0.717, 1.165) is 16.7 Å². The van der Waals surface area contributed by atoms with Crippen LogP contribution in [-0.4, -0.2) is 5.91 Å². The number of rotatable bonds is 3. The van der Waals surface area contributed by atoms with Crippen molar-refractivity contribution in [1.29, 1.82) is 5.26 Å². The van der Waals surface area contributed by atoms with Gasteiger partial charge in [0.15, 0.2) is 0 Å². The average Bonchev–Trinajstić information content (AvgIpc) is 2.89. The van der Waals surface area contributed by atoms with Crippen molar-refractivity contribution in [2.45, 2.75) is 13.8 Å². The van der Waals surface area contributed by atoms with Gasteiger partial charge in [-0.05, 0) is 37.1 Å². The molecule has 3 aromatic rings. The number of nitrogens with one attached hydrogen (secondary N) is 1. The molecular formula is C20H16N2O2. The van der Waals surface area contributed by atoms with Gasteiger partial charge in [-0.1, -0.05) is 42.5 Å². The largest absolute Gasteiger partial charge is 0.444 e. The normalized spacial score (nSPS) is 10.2. The Kier molecular flexibility index (Phi) is 4.17. The highest BCUT2D eigenvalue weighted by Crippen LogP contribution is 2.26. The Balaban J connectivity index is 1.82. The molecule has 1 aromatic heterocycles. The first-order valence-electron chi connectivity index (χ1n) is 7.57. The summed E-state index contributed by atoms with van der Waals surface area (Å²) < 4.78 is 5.47. The maximum Gasteiger partial charge on any atom is 0.258 e. The number of hydrogen-bond donors (Lipinski definition) is 1. The van der Waals surface area contributed by atoms with Gasteiger partial charge in [0.1, 0.15) is 17.4 Å². The maximum atomic E-state index is 12.4. The molecule has 0 aliphatic rings. The molecule has 1 N–H and O–H groups in total. The van der Waals surface area contributed by atoms with Gasteiger partial charge < -0.3 is 4.42 Å². The molecule has 0 aliphatic carbocycles. The van der Waals surface area contributed by atoms with E-state index < -0.39 is 0 Å². The van der Waals surface area contributed by atoms with Gasteiger partial charge in [-0.15, -0.1) is 0 Å². The van der Waals surface area contributed by atoms with Crippen molar-refractivity contribution in [1.82, 2.24) is 0 Å². The summed E-state index contributed by atoms with van der Waals surface area (Å²) in [6.07, 6.45) is 0. The number of carbonyl (C=O) groups excluding carboxylic acids is 1. The van der Waals surface area contributed by atoms with Gasteiger partial charge in [0, 0.05) is 11.1 Å². The average molecular weight is 316 g/mol. The zero-order valence-corrected chi connectivity index (χ0v) is 13.5. The zero-order chi connectivity index (χ0) is 17.1. The Labute approximate surface area is 140 Å². The molecule has 0 saturated heterocycles. The van der Waals surface area contributed by atoms with E-state index in [1.807, 2.05) is 42.5 Å². The van der Waals surface area contributed by atoms with Gasteiger partial charge in [-0.2, -0.15) is 5.26 Å². The van der Waals surface area contributed by atoms with Gasteiger partial charge >= 0.3 is 0 Å². The van der Waals surface area contributed by atoms with Gasteiger partial charge in [0.05, 0.1) is 0 Å². The third-order valence-corrected chi connectivity index (χ3v) is 3.98. The van der Waals surface area contributed by atoms with Gasteiger partial charge in [0.25, 0.3) is 5.91 Å². The molecule has 24 heavy (non-hydrogen) atoms. The zero-order valence-electron chi connectivity index (χ0n) is 13.5. The number of anilines is 1. The Morgan fingerprint density at radius 3 is 2.25 bits per heavy atom. The highest BCUT2D eigenvalue weighted by Gasteiger charge is 2.17. The molecule has 3 rings (SSSR count). The quantitative estimate of drug-likeness (QED) is 0.762. The summed E-state index contributed by atoms with van der Waals surface area (Å²) in [5.41, 5.74) is 3.74. The lowest BCUT2D eigenvalue weighted by Gasteiger charge is -2.05. The number of amides is 1. The number of carbonyl (C=O) groups is 1. The second kappa shape index (κ2) is 6.43. The second-order valence-electron chi connectivity index (χ2n) is 5.50. The number of furan rings is 1. The molecule has 0 atom stereocenters. The van der Waals surface area contributed by atoms with Crippen LogP contribution in [0.2, 0.25) is 0 Å². The van der Waals surface area contributed by atoms with Crippen molar-refractivity contribution in [3.8, 4) is 17.2 Å². The second-order valence-corrected chi connectivity index (χ2v) is 5.50. The molecule has 0 unspecified atom stereocenters. The van der Waals surface area contributed by atoms with Crippen LogP contribution in [0.15, 0.2) is 59.0 Å². The van der Waals surface area contributed by atoms with Crippen LogP contribution >= 0.6 is 0 Å². The molecule has 4 nitrogen and oxygen atoms in total. The van der Waals surface area contributed by atoms with E-state index in [4.69, 9.17) is 4.42 Å². The highest BCUT2D eigenvalue weighted by molar-refractivity contribution is 6.04. The van der Waals surface area contributed by atoms with Crippen LogP contribution in [0.4, 0.5) is 5.88 Å². The summed E-state index contributed by atoms with van der Waals surface area (Å²) >= 11 is 0. The summed E-state index contributed by atoms with van der Waals surface area (Å²) in [4.78, 5) is 12.4. The lowest BCUT2D eigenvalue weighted by atomic mass is 10.0. The number of nitriles is 1. The van der Waals surface area contributed by atoms with E-state index in [2.05, 4.69) is 11.4 Å². The molecule has 0 spiro atoms. The lowest BCUT2D eigenvalue weighted by molar-refractivity contribution is 0.102. The Morgan fingerprint density at radius 2 is 1.62 bits per heavy atom. The van der Waals surface area contributed by atoms with Gasteiger partial charge in [-0.25, -0.2) is 0 Å². The molecule has 0 bridgehead atoms. The fraction of sp³-hybridized carbons (Fsp3) is 0.100. The van der Waals surface area contributed by atoms with Crippen LogP contribution in [-0.2, 0) is 0 Å². The summed E-state index contributed by atoms with van der Waals surface area (Å²) in [5, 5.41) is 11.9. The first-order valence-corrected chi connectivity index (χ1v) is 7.57. The summed E-state index contributed by atoms with van der Waals surface area (Å²) in [6, 6.07) is 19.3. The molecule has 0 saturated carbocycles. The molecule has 0 fully saturated rings. The van der Waals surface area contributed by atoms with E-state index in [1.54, 1.807) is 26.0 Å². The van der Waals surface area contributed by atoms with Crippen LogP contribution in [0, 0.1) is 25.2 Å². The van der Waals surface area contributed by atoms with Crippen molar-refractivity contribution in [2.24, 2.45) is 0 Å². The molecule has 0 radical (unpaired) electrons. The van der Waals surface area contributed by atoms with Crippen LogP contribution < -0.4 is 5.32 Å². The fourth-order valence-corrected chi connectivity index (χ4v) is 2.47. The van der Waals surface area contributed by atoms with E-state index in [0.29, 0.717) is 16.9 Å². The molecule has 4 heteroatoms. The first kappa shape index (κ1) is 15.6. The van der Waals surface area contributed by atoms with Crippen LogP contribution in [0.3, 0.4) is 0 Å². The first-order chi connectivity index (χ1) is 11.6. The highest BCUT2D eigenvalue weighted by atomic mass is 16.4. The van der Waals surface area contributed by atoms with Crippen molar-refractivity contribution >= 4 is 11.8 Å². The molecule has 118 valence electrons. The topological polar surface area (TPSA) is 66.0 Å². The van der Waals surface area contributed by atoms with Crippen LogP contribution in [0.1, 0.15) is 27.2 Å². The minimum Gasteiger partial charge on any atom is -0.444 e. The van der Waals surface area contributed by atoms with E-state index >= 15 is 0 Å². The van der Waals surface area contributed by atoms with Crippen LogP contribution in [0.25, 0.3) is 11.1 Å². The van der Waals surface area contributed by atoms with Crippen molar-refractivity contribution < 1.29 is 9.21 Å². The number of benzene rings is 2. The van der Waals surface area contributed by atoms with E-state index in [9.17, 15) is 10.1 Å². The molecule has 0 aliphatic heterocycles. The van der Waals surface area contributed by atoms with Gasteiger partial charge in [0.2, 0.25) is 5.88 Å². The van der Waals surface area contributed by atoms with Crippen molar-refractivity contribution in [2.75, 3.05) is 5.32 Å². The van der Waals surface area contributed by atoms with Gasteiger partial charge in [-0.3, -0.25) is 10.1 Å². The Morgan fingerprint density at radius 1 is 1.00 bits per heavy atom. The standard InChI is InChI=1S/C20H16N2O2/c1-13-14(2)24-20(18(13)12-21)22-19(23)17-10-8-16(9-11-17)15-6-4-3-5-7-15/h3-11H,1-2H3,(H,22,23). The number of aryl methyl sites for hydroxylation is 1. The molecular weight excluding hydrogens is 300 g/mol. The Hall–Kier alpha value is -3.32. The molecule has 2 aromatic carbocycles. The monoisotopic (exact) mass is 316 g/mol. The lowest BCUT2D eigenvalue weighted by Crippen LogP contribution is -2.12. The van der Waals surface area contributed by atoms with Crippen molar-refractivity contribution in [3.63, 3.8) is 0 Å². The molecule has 1 amide bonds. The third kappa shape index (κ3) is 2.92. The predicted molar refractivity (Wildman–Crippen MR) is 92.7 cm³/mol. The third-order valence-electron chi connectivity index (χ3n) is 3.98. The summed E-state index contributed by atoms with van der Waals surface area (Å²) in [5.74, 6) is 0.519. The molecule has 1 heterocycles. The Bertz CT molecular complexity index is 917. The summed E-state index contributed by atoms with van der Waals surface area (Å²) in [6.45, 7) is 3.56. The smallest absolute Gasteiger partial charge is 0.258 e. The predicted octanol–water partition coefficient (Wildman–Crippen LogP) is 4.69. The SMILES string of the molecule is Cc1oc(NC(=O)c2ccc(-c3ccccc3)cc2)c(C#N)c1C. The van der Waals surface area contributed by atoms with E-state index in [1.165, 1.54) is 0 Å². The van der Waals surface area contributed by atoms with E-state index in [-0.39, 0.29) is 11.8 Å². The fourth-order valence-electron chi connectivity index (χ4n) is 2.47. The maximum absolute atomic E-state index is 12.4. The minimum atomic E-state index is -0.306. The number of hydrogen-bond acceptors (Lipinski definition) is 3. The van der Waals surface area contributed by atoms with Crippen LogP contribution in [0.5, 0.6) is 0 Å². The summed E-state index contributed by atoms with van der Waals surface area (Å²) in [7, 11) is 0. The van der Waals surface area contributed by atoms with Crippen molar-refractivity contribution in [3.05, 3.63) is 77.0 Å². The number of nitrogens with zero attached hydrogens (tertiary/aromatic N) is 1.